The van der Waals surface area contributed by atoms with Gasteiger partial charge in [-0.3, -0.25) is 4.90 Å². The maximum Gasteiger partial charge on any atom is 0.0609 e. The molecule has 1 N–H and O–H groups in total. The highest BCUT2D eigenvalue weighted by Crippen LogP contribution is 2.39. The van der Waals surface area contributed by atoms with Crippen molar-refractivity contribution >= 4 is 15.9 Å². The Balaban J connectivity index is 2.62. The first kappa shape index (κ1) is 14.5. The number of rotatable bonds is 5. The minimum Gasteiger partial charge on any atom is -0.394 e. The van der Waals surface area contributed by atoms with E-state index in [1.807, 2.05) is 0 Å². The van der Waals surface area contributed by atoms with E-state index in [4.69, 9.17) is 0 Å². The van der Waals surface area contributed by atoms with Gasteiger partial charge in [-0.2, -0.15) is 0 Å². The number of halogens is 1. The Kier molecular flexibility index (Phi) is 5.27. The molecule has 0 aromatic rings. The van der Waals surface area contributed by atoms with Crippen molar-refractivity contribution < 1.29 is 5.11 Å². The third-order valence-electron chi connectivity index (χ3n) is 4.19. The summed E-state index contributed by atoms with van der Waals surface area (Å²) in [6.45, 7) is 5.53. The fourth-order valence-electron chi connectivity index (χ4n) is 2.47. The largest absolute Gasteiger partial charge is 0.394 e. The minimum atomic E-state index is -0.105. The first-order chi connectivity index (χ1) is 7.46. The smallest absolute Gasteiger partial charge is 0.0609 e. The van der Waals surface area contributed by atoms with Crippen molar-refractivity contribution in [2.45, 2.75) is 51.5 Å². The monoisotopic (exact) mass is 291 g/mol. The molecule has 0 unspecified atom stereocenters. The lowest BCUT2D eigenvalue weighted by molar-refractivity contribution is 0.0353. The highest BCUT2D eigenvalue weighted by Gasteiger charge is 2.35. The zero-order valence-corrected chi connectivity index (χ0v) is 12.5. The summed E-state index contributed by atoms with van der Waals surface area (Å²) in [5.41, 5.74) is 0.325. The molecule has 1 aliphatic carbocycles. The van der Waals surface area contributed by atoms with E-state index in [1.165, 1.54) is 32.1 Å². The van der Waals surface area contributed by atoms with Gasteiger partial charge in [0.15, 0.2) is 0 Å². The average molecular weight is 292 g/mol. The molecule has 0 radical (unpaired) electrons. The van der Waals surface area contributed by atoms with E-state index in [0.29, 0.717) is 5.41 Å². The molecule has 0 atom stereocenters. The predicted octanol–water partition coefficient (Wildman–Crippen LogP) is 3.03. The zero-order valence-electron chi connectivity index (χ0n) is 10.9. The van der Waals surface area contributed by atoms with E-state index in [-0.39, 0.29) is 12.1 Å². The van der Waals surface area contributed by atoms with Crippen LogP contribution >= 0.6 is 15.9 Å². The molecule has 1 rings (SSSR count). The molecule has 0 bridgehead atoms. The van der Waals surface area contributed by atoms with Crippen molar-refractivity contribution in [3.8, 4) is 0 Å². The van der Waals surface area contributed by atoms with Crippen LogP contribution in [0.2, 0.25) is 0 Å². The van der Waals surface area contributed by atoms with Gasteiger partial charge in [-0.05, 0) is 39.2 Å². The van der Waals surface area contributed by atoms with E-state index < -0.39 is 0 Å². The molecule has 0 spiro atoms. The van der Waals surface area contributed by atoms with Gasteiger partial charge in [0, 0.05) is 17.4 Å². The second-order valence-electron chi connectivity index (χ2n) is 6.02. The van der Waals surface area contributed by atoms with Crippen LogP contribution in [0.15, 0.2) is 0 Å². The van der Waals surface area contributed by atoms with Gasteiger partial charge < -0.3 is 5.11 Å². The average Bonchev–Trinajstić information content (AvgIpc) is 2.30. The van der Waals surface area contributed by atoms with Crippen molar-refractivity contribution in [2.24, 2.45) is 5.41 Å². The summed E-state index contributed by atoms with van der Waals surface area (Å²) in [6.07, 6.45) is 6.76. The molecule has 0 saturated heterocycles. The fourth-order valence-corrected chi connectivity index (χ4v) is 3.21. The number of likely N-dealkylation sites (N-methyl/N-ethyl adjacent to an activating group) is 1. The normalized spacial score (nSPS) is 21.4. The second-order valence-corrected chi connectivity index (χ2v) is 6.58. The third kappa shape index (κ3) is 3.44. The van der Waals surface area contributed by atoms with E-state index in [1.54, 1.807) is 0 Å². The van der Waals surface area contributed by atoms with E-state index >= 15 is 0 Å². The molecular formula is C13H26BrNO. The third-order valence-corrected chi connectivity index (χ3v) is 5.38. The number of hydrogen-bond acceptors (Lipinski definition) is 2. The Hall–Kier alpha value is 0.400. The number of aliphatic hydroxyl groups is 1. The summed E-state index contributed by atoms with van der Waals surface area (Å²) < 4.78 is 0. The zero-order chi connectivity index (χ0) is 12.2. The molecule has 0 heterocycles. The lowest BCUT2D eigenvalue weighted by atomic mass is 9.75. The molecule has 96 valence electrons. The topological polar surface area (TPSA) is 23.5 Å². The molecular weight excluding hydrogens is 266 g/mol. The Labute approximate surface area is 109 Å². The standard InChI is InChI=1S/C13H26BrNO/c1-12(2,11-16)15(3)10-13(9-14)7-5-4-6-8-13/h16H,4-11H2,1-3H3. The Morgan fingerprint density at radius 2 is 1.81 bits per heavy atom. The van der Waals surface area contributed by atoms with Gasteiger partial charge in [0.05, 0.1) is 6.61 Å². The molecule has 0 aromatic heterocycles. The van der Waals surface area contributed by atoms with Crippen LogP contribution in [0, 0.1) is 5.41 Å². The summed E-state index contributed by atoms with van der Waals surface area (Å²) >= 11 is 3.70. The summed E-state index contributed by atoms with van der Waals surface area (Å²) in [4.78, 5) is 2.32. The first-order valence-corrected chi connectivity index (χ1v) is 7.46. The highest BCUT2D eigenvalue weighted by atomic mass is 79.9. The molecule has 0 amide bonds. The van der Waals surface area contributed by atoms with Gasteiger partial charge in [0.2, 0.25) is 0 Å². The Morgan fingerprint density at radius 1 is 1.25 bits per heavy atom. The predicted molar refractivity (Wildman–Crippen MR) is 73.1 cm³/mol. The van der Waals surface area contributed by atoms with Gasteiger partial charge >= 0.3 is 0 Å². The molecule has 3 heteroatoms. The van der Waals surface area contributed by atoms with Gasteiger partial charge in [-0.1, -0.05) is 35.2 Å². The number of nitrogens with zero attached hydrogens (tertiary/aromatic N) is 1. The SMILES string of the molecule is CN(CC1(CBr)CCCCC1)C(C)(C)CO. The first-order valence-electron chi connectivity index (χ1n) is 6.34. The van der Waals surface area contributed by atoms with Crippen molar-refractivity contribution in [1.29, 1.82) is 0 Å². The maximum absolute atomic E-state index is 9.40. The van der Waals surface area contributed by atoms with Crippen molar-refractivity contribution in [1.82, 2.24) is 4.90 Å². The number of alkyl halides is 1. The van der Waals surface area contributed by atoms with Crippen LogP contribution in [0.3, 0.4) is 0 Å². The van der Waals surface area contributed by atoms with Crippen molar-refractivity contribution in [2.75, 3.05) is 25.5 Å². The van der Waals surface area contributed by atoms with Crippen LogP contribution in [-0.4, -0.2) is 41.1 Å². The lowest BCUT2D eigenvalue weighted by Crippen LogP contribution is -2.50. The van der Waals surface area contributed by atoms with Crippen LogP contribution in [-0.2, 0) is 0 Å². The maximum atomic E-state index is 9.40. The Bertz CT molecular complexity index is 212. The number of aliphatic hydroxyl groups excluding tert-OH is 1. The van der Waals surface area contributed by atoms with Gasteiger partial charge in [-0.25, -0.2) is 0 Å². The Morgan fingerprint density at radius 3 is 2.25 bits per heavy atom. The van der Waals surface area contributed by atoms with Crippen LogP contribution < -0.4 is 0 Å². The highest BCUT2D eigenvalue weighted by molar-refractivity contribution is 9.09. The minimum absolute atomic E-state index is 0.105. The number of hydrogen-bond donors (Lipinski definition) is 1. The fraction of sp³-hybridized carbons (Fsp3) is 1.00. The molecule has 0 aliphatic heterocycles. The van der Waals surface area contributed by atoms with Crippen LogP contribution in [0.5, 0.6) is 0 Å². The van der Waals surface area contributed by atoms with E-state index in [0.717, 1.165) is 11.9 Å². The van der Waals surface area contributed by atoms with Gasteiger partial charge in [-0.15, -0.1) is 0 Å². The van der Waals surface area contributed by atoms with Gasteiger partial charge in [0.1, 0.15) is 0 Å². The van der Waals surface area contributed by atoms with Crippen LogP contribution in [0.4, 0.5) is 0 Å². The van der Waals surface area contributed by atoms with E-state index in [9.17, 15) is 5.11 Å². The summed E-state index contributed by atoms with van der Waals surface area (Å²) in [5.74, 6) is 0. The summed E-state index contributed by atoms with van der Waals surface area (Å²) in [7, 11) is 2.13. The van der Waals surface area contributed by atoms with Crippen LogP contribution in [0.25, 0.3) is 0 Å². The molecule has 0 aromatic carbocycles. The molecule has 2 nitrogen and oxygen atoms in total. The van der Waals surface area contributed by atoms with Crippen molar-refractivity contribution in [3.63, 3.8) is 0 Å². The van der Waals surface area contributed by atoms with Gasteiger partial charge in [0.25, 0.3) is 0 Å². The lowest BCUT2D eigenvalue weighted by Gasteiger charge is -2.44. The van der Waals surface area contributed by atoms with Crippen molar-refractivity contribution in [3.05, 3.63) is 0 Å². The second kappa shape index (κ2) is 5.83. The molecule has 16 heavy (non-hydrogen) atoms. The van der Waals surface area contributed by atoms with Crippen LogP contribution in [0.1, 0.15) is 46.0 Å². The summed E-state index contributed by atoms with van der Waals surface area (Å²) in [6, 6.07) is 0. The quantitative estimate of drug-likeness (QED) is 0.787. The molecule has 1 fully saturated rings. The molecule has 1 aliphatic rings. The van der Waals surface area contributed by atoms with E-state index in [2.05, 4.69) is 41.7 Å². The summed E-state index contributed by atoms with van der Waals surface area (Å²) in [5, 5.41) is 10.5. The molecule has 1 saturated carbocycles.